The zero-order valence-electron chi connectivity index (χ0n) is 12.8. The smallest absolute Gasteiger partial charge is 0.191 e. The van der Waals surface area contributed by atoms with Gasteiger partial charge in [-0.3, -0.25) is 9.67 Å². The van der Waals surface area contributed by atoms with Gasteiger partial charge in [0.05, 0.1) is 6.54 Å². The molecular formula is C15H22N6. The molecule has 0 aliphatic rings. The predicted molar refractivity (Wildman–Crippen MR) is 83.9 cm³/mol. The fraction of sp³-hybridized carbons (Fsp3) is 0.400. The largest absolute Gasteiger partial charge is 0.352 e. The Bertz CT molecular complexity index is 602. The van der Waals surface area contributed by atoms with Gasteiger partial charge >= 0.3 is 0 Å². The molecule has 6 nitrogen and oxygen atoms in total. The van der Waals surface area contributed by atoms with Crippen LogP contribution in [0.4, 0.5) is 0 Å². The molecule has 2 aromatic rings. The van der Waals surface area contributed by atoms with Crippen LogP contribution < -0.4 is 10.6 Å². The number of benzene rings is 1. The minimum absolute atomic E-state index is 0.589. The van der Waals surface area contributed by atoms with Gasteiger partial charge in [-0.05, 0) is 17.5 Å². The summed E-state index contributed by atoms with van der Waals surface area (Å²) in [5.41, 5.74) is 2.65. The van der Waals surface area contributed by atoms with Crippen molar-refractivity contribution in [2.45, 2.75) is 26.4 Å². The number of hydrogen-bond acceptors (Lipinski definition) is 3. The lowest BCUT2D eigenvalue weighted by Crippen LogP contribution is -2.37. The SMILES string of the molecule is CCc1ccccc1CNC(=NC)NCc1ncnn1C. The number of aryl methyl sites for hydroxylation is 2. The average Bonchev–Trinajstić information content (AvgIpc) is 2.93. The van der Waals surface area contributed by atoms with Crippen LogP contribution in [-0.4, -0.2) is 27.8 Å². The number of nitrogens with one attached hydrogen (secondary N) is 2. The minimum Gasteiger partial charge on any atom is -0.352 e. The van der Waals surface area contributed by atoms with Crippen molar-refractivity contribution in [2.24, 2.45) is 12.0 Å². The third kappa shape index (κ3) is 4.05. The van der Waals surface area contributed by atoms with Crippen molar-refractivity contribution in [3.05, 3.63) is 47.5 Å². The van der Waals surface area contributed by atoms with Gasteiger partial charge in [-0.2, -0.15) is 5.10 Å². The fourth-order valence-electron chi connectivity index (χ4n) is 2.12. The molecule has 21 heavy (non-hydrogen) atoms. The Hall–Kier alpha value is -2.37. The summed E-state index contributed by atoms with van der Waals surface area (Å²) in [6, 6.07) is 8.43. The highest BCUT2D eigenvalue weighted by Gasteiger charge is 2.04. The van der Waals surface area contributed by atoms with Gasteiger partial charge in [0.2, 0.25) is 0 Å². The normalized spacial score (nSPS) is 11.5. The Morgan fingerprint density at radius 1 is 1.19 bits per heavy atom. The van der Waals surface area contributed by atoms with Crippen molar-refractivity contribution in [1.29, 1.82) is 0 Å². The molecule has 0 aliphatic heterocycles. The quantitative estimate of drug-likeness (QED) is 0.641. The van der Waals surface area contributed by atoms with Crippen LogP contribution >= 0.6 is 0 Å². The van der Waals surface area contributed by atoms with Crippen LogP contribution in [-0.2, 0) is 26.6 Å². The molecule has 2 rings (SSSR count). The molecule has 0 spiro atoms. The van der Waals surface area contributed by atoms with Crippen LogP contribution in [0.5, 0.6) is 0 Å². The van der Waals surface area contributed by atoms with E-state index >= 15 is 0 Å². The first kappa shape index (κ1) is 15.0. The number of hydrogen-bond donors (Lipinski definition) is 2. The van der Waals surface area contributed by atoms with Crippen LogP contribution in [0.25, 0.3) is 0 Å². The second-order valence-electron chi connectivity index (χ2n) is 4.70. The molecule has 0 amide bonds. The molecule has 0 aliphatic carbocycles. The van der Waals surface area contributed by atoms with Crippen molar-refractivity contribution in [1.82, 2.24) is 25.4 Å². The maximum Gasteiger partial charge on any atom is 0.191 e. The van der Waals surface area contributed by atoms with Crippen molar-refractivity contribution >= 4 is 5.96 Å². The number of aromatic nitrogens is 3. The topological polar surface area (TPSA) is 67.1 Å². The zero-order valence-corrected chi connectivity index (χ0v) is 12.8. The van der Waals surface area contributed by atoms with Crippen molar-refractivity contribution < 1.29 is 0 Å². The summed E-state index contributed by atoms with van der Waals surface area (Å²) < 4.78 is 1.74. The van der Waals surface area contributed by atoms with E-state index in [0.29, 0.717) is 6.54 Å². The lowest BCUT2D eigenvalue weighted by Gasteiger charge is -2.13. The number of guanidine groups is 1. The molecule has 1 aromatic heterocycles. The molecule has 0 bridgehead atoms. The van der Waals surface area contributed by atoms with Gasteiger partial charge in [0.15, 0.2) is 5.96 Å². The molecule has 0 radical (unpaired) electrons. The van der Waals surface area contributed by atoms with E-state index in [1.807, 2.05) is 7.05 Å². The van der Waals surface area contributed by atoms with E-state index in [0.717, 1.165) is 24.7 Å². The summed E-state index contributed by atoms with van der Waals surface area (Å²) in [5, 5.41) is 10.6. The predicted octanol–water partition coefficient (Wildman–Crippen LogP) is 1.24. The van der Waals surface area contributed by atoms with Gasteiger partial charge in [0.25, 0.3) is 0 Å². The van der Waals surface area contributed by atoms with Gasteiger partial charge in [-0.25, -0.2) is 4.98 Å². The Kier molecular flexibility index (Phi) is 5.31. The number of aliphatic imine (C=N–C) groups is 1. The molecule has 0 fully saturated rings. The molecular weight excluding hydrogens is 264 g/mol. The van der Waals surface area contributed by atoms with Crippen LogP contribution in [0.1, 0.15) is 23.9 Å². The molecule has 112 valence electrons. The van der Waals surface area contributed by atoms with Gasteiger partial charge in [0, 0.05) is 20.6 Å². The van der Waals surface area contributed by atoms with Crippen molar-refractivity contribution in [3.63, 3.8) is 0 Å². The molecule has 6 heteroatoms. The number of rotatable bonds is 5. The summed E-state index contributed by atoms with van der Waals surface area (Å²) in [4.78, 5) is 8.40. The third-order valence-corrected chi connectivity index (χ3v) is 3.39. The second kappa shape index (κ2) is 7.42. The fourth-order valence-corrected chi connectivity index (χ4v) is 2.12. The van der Waals surface area contributed by atoms with Crippen molar-refractivity contribution in [2.75, 3.05) is 7.05 Å². The van der Waals surface area contributed by atoms with Gasteiger partial charge < -0.3 is 10.6 Å². The van der Waals surface area contributed by atoms with Gasteiger partial charge in [0.1, 0.15) is 12.2 Å². The molecule has 0 atom stereocenters. The van der Waals surface area contributed by atoms with Crippen LogP contribution in [0, 0.1) is 0 Å². The van der Waals surface area contributed by atoms with Gasteiger partial charge in [-0.15, -0.1) is 0 Å². The lowest BCUT2D eigenvalue weighted by atomic mass is 10.1. The standard InChI is InChI=1S/C15H22N6/c1-4-12-7-5-6-8-13(12)9-17-15(16-2)18-10-14-19-11-20-21(14)3/h5-8,11H,4,9-10H2,1-3H3,(H2,16,17,18). The average molecular weight is 286 g/mol. The minimum atomic E-state index is 0.589. The second-order valence-corrected chi connectivity index (χ2v) is 4.70. The van der Waals surface area contributed by atoms with E-state index in [9.17, 15) is 0 Å². The third-order valence-electron chi connectivity index (χ3n) is 3.39. The molecule has 0 unspecified atom stereocenters. The summed E-state index contributed by atoms with van der Waals surface area (Å²) in [6.45, 7) is 3.51. The Labute approximate surface area is 125 Å². The molecule has 1 heterocycles. The van der Waals surface area contributed by atoms with E-state index in [1.165, 1.54) is 11.1 Å². The molecule has 0 saturated heterocycles. The summed E-state index contributed by atoms with van der Waals surface area (Å²) >= 11 is 0. The van der Waals surface area contributed by atoms with E-state index < -0.39 is 0 Å². The zero-order chi connectivity index (χ0) is 15.1. The van der Waals surface area contributed by atoms with E-state index in [4.69, 9.17) is 0 Å². The lowest BCUT2D eigenvalue weighted by molar-refractivity contribution is 0.672. The van der Waals surface area contributed by atoms with E-state index in [-0.39, 0.29) is 0 Å². The molecule has 1 aromatic carbocycles. The molecule has 0 saturated carbocycles. The summed E-state index contributed by atoms with van der Waals surface area (Å²) in [7, 11) is 3.63. The van der Waals surface area contributed by atoms with Crippen molar-refractivity contribution in [3.8, 4) is 0 Å². The van der Waals surface area contributed by atoms with Crippen LogP contribution in [0.3, 0.4) is 0 Å². The Morgan fingerprint density at radius 3 is 2.52 bits per heavy atom. The van der Waals surface area contributed by atoms with Crippen LogP contribution in [0.2, 0.25) is 0 Å². The summed E-state index contributed by atoms with van der Waals surface area (Å²) in [6.07, 6.45) is 2.58. The molecule has 2 N–H and O–H groups in total. The van der Waals surface area contributed by atoms with Gasteiger partial charge in [-0.1, -0.05) is 31.2 Å². The van der Waals surface area contributed by atoms with E-state index in [1.54, 1.807) is 18.1 Å². The highest BCUT2D eigenvalue weighted by molar-refractivity contribution is 5.79. The monoisotopic (exact) mass is 286 g/mol. The first-order valence-corrected chi connectivity index (χ1v) is 7.08. The van der Waals surface area contributed by atoms with E-state index in [2.05, 4.69) is 56.9 Å². The maximum absolute atomic E-state index is 4.22. The first-order chi connectivity index (χ1) is 10.2. The first-order valence-electron chi connectivity index (χ1n) is 7.08. The van der Waals surface area contributed by atoms with Crippen LogP contribution in [0.15, 0.2) is 35.6 Å². The Balaban J connectivity index is 1.90. The summed E-state index contributed by atoms with van der Waals surface area (Å²) in [5.74, 6) is 1.62. The number of nitrogens with zero attached hydrogens (tertiary/aromatic N) is 4. The highest BCUT2D eigenvalue weighted by atomic mass is 15.3. The Morgan fingerprint density at radius 2 is 1.90 bits per heavy atom. The maximum atomic E-state index is 4.22. The highest BCUT2D eigenvalue weighted by Crippen LogP contribution is 2.08.